The average Bonchev–Trinajstić information content (AvgIpc) is 3.09. The van der Waals surface area contributed by atoms with Crippen LogP contribution in [0.3, 0.4) is 0 Å². The van der Waals surface area contributed by atoms with Crippen molar-refractivity contribution in [3.63, 3.8) is 0 Å². The van der Waals surface area contributed by atoms with E-state index in [0.29, 0.717) is 29.4 Å². The van der Waals surface area contributed by atoms with E-state index in [-0.39, 0.29) is 11.9 Å². The van der Waals surface area contributed by atoms with Crippen LogP contribution in [-0.4, -0.2) is 29.2 Å². The molecular weight excluding hydrogens is 380 g/mol. The Morgan fingerprint density at radius 1 is 1.15 bits per heavy atom. The molecular formula is C20H20N2O3S2. The fourth-order valence-corrected chi connectivity index (χ4v) is 4.22. The Labute approximate surface area is 166 Å². The standard InChI is InChI=1S/C20H20N2O3S2/c1-2-11-25-20(24)14-7-9-15(10-8-14)21-18(23)12-26-13-19-22-16-5-3-4-6-17(16)27-19/h3-10H,2,11-13H2,1H3,(H,21,23). The monoisotopic (exact) mass is 400 g/mol. The van der Waals surface area contributed by atoms with Crippen LogP contribution in [0, 0.1) is 0 Å². The molecule has 1 N–H and O–H groups in total. The Morgan fingerprint density at radius 3 is 2.67 bits per heavy atom. The number of anilines is 1. The average molecular weight is 401 g/mol. The maximum atomic E-state index is 12.1. The van der Waals surface area contributed by atoms with E-state index < -0.39 is 0 Å². The molecule has 1 amide bonds. The Bertz CT molecular complexity index is 889. The Morgan fingerprint density at radius 2 is 1.93 bits per heavy atom. The lowest BCUT2D eigenvalue weighted by Gasteiger charge is -2.06. The predicted molar refractivity (Wildman–Crippen MR) is 111 cm³/mol. The number of fused-ring (bicyclic) bond motifs is 1. The first-order valence-corrected chi connectivity index (χ1v) is 10.6. The number of hydrogen-bond acceptors (Lipinski definition) is 6. The van der Waals surface area contributed by atoms with E-state index in [4.69, 9.17) is 4.74 Å². The van der Waals surface area contributed by atoms with Gasteiger partial charge in [-0.25, -0.2) is 9.78 Å². The van der Waals surface area contributed by atoms with E-state index in [1.807, 2.05) is 25.1 Å². The number of nitrogens with zero attached hydrogens (tertiary/aromatic N) is 1. The van der Waals surface area contributed by atoms with Crippen LogP contribution < -0.4 is 5.32 Å². The van der Waals surface area contributed by atoms with Crippen molar-refractivity contribution in [3.05, 3.63) is 59.1 Å². The number of ether oxygens (including phenoxy) is 1. The van der Waals surface area contributed by atoms with Crippen molar-refractivity contribution in [2.45, 2.75) is 19.1 Å². The van der Waals surface area contributed by atoms with Crippen molar-refractivity contribution >= 4 is 50.9 Å². The molecule has 0 aliphatic rings. The highest BCUT2D eigenvalue weighted by Crippen LogP contribution is 2.24. The predicted octanol–water partition coefficient (Wildman–Crippen LogP) is 4.74. The fourth-order valence-electron chi connectivity index (χ4n) is 2.38. The van der Waals surface area contributed by atoms with Crippen molar-refractivity contribution in [3.8, 4) is 0 Å². The summed E-state index contributed by atoms with van der Waals surface area (Å²) in [6.07, 6.45) is 0.786. The highest BCUT2D eigenvalue weighted by molar-refractivity contribution is 7.99. The van der Waals surface area contributed by atoms with E-state index in [1.165, 1.54) is 11.8 Å². The number of amides is 1. The maximum absolute atomic E-state index is 12.1. The fraction of sp³-hybridized carbons (Fsp3) is 0.250. The van der Waals surface area contributed by atoms with Gasteiger partial charge in [0.1, 0.15) is 5.01 Å². The molecule has 1 heterocycles. The van der Waals surface area contributed by atoms with Crippen LogP contribution in [0.1, 0.15) is 28.7 Å². The number of carbonyl (C=O) groups is 2. The topological polar surface area (TPSA) is 68.3 Å². The van der Waals surface area contributed by atoms with Crippen LogP contribution in [0.15, 0.2) is 48.5 Å². The van der Waals surface area contributed by atoms with Crippen LogP contribution >= 0.6 is 23.1 Å². The lowest BCUT2D eigenvalue weighted by Crippen LogP contribution is -2.14. The number of benzene rings is 2. The van der Waals surface area contributed by atoms with Gasteiger partial charge in [0.05, 0.1) is 28.1 Å². The summed E-state index contributed by atoms with van der Waals surface area (Å²) in [7, 11) is 0. The first-order valence-electron chi connectivity index (χ1n) is 8.65. The molecule has 27 heavy (non-hydrogen) atoms. The van der Waals surface area contributed by atoms with Gasteiger partial charge >= 0.3 is 5.97 Å². The molecule has 0 aliphatic carbocycles. The van der Waals surface area contributed by atoms with Gasteiger partial charge in [0.25, 0.3) is 0 Å². The summed E-state index contributed by atoms with van der Waals surface area (Å²) < 4.78 is 6.24. The zero-order valence-electron chi connectivity index (χ0n) is 14.9. The third kappa shape index (κ3) is 5.55. The number of nitrogens with one attached hydrogen (secondary N) is 1. The van der Waals surface area contributed by atoms with Crippen molar-refractivity contribution in [2.75, 3.05) is 17.7 Å². The second-order valence-corrected chi connectivity index (χ2v) is 7.93. The van der Waals surface area contributed by atoms with Crippen LogP contribution in [0.5, 0.6) is 0 Å². The highest BCUT2D eigenvalue weighted by atomic mass is 32.2. The van der Waals surface area contributed by atoms with E-state index >= 15 is 0 Å². The smallest absolute Gasteiger partial charge is 0.338 e. The van der Waals surface area contributed by atoms with Gasteiger partial charge in [-0.1, -0.05) is 19.1 Å². The number of esters is 1. The lowest BCUT2D eigenvalue weighted by molar-refractivity contribution is -0.113. The van der Waals surface area contributed by atoms with Gasteiger partial charge in [-0.3, -0.25) is 4.79 Å². The molecule has 3 aromatic rings. The number of carbonyl (C=O) groups excluding carboxylic acids is 2. The number of thiazole rings is 1. The van der Waals surface area contributed by atoms with Gasteiger partial charge in [0, 0.05) is 11.4 Å². The van der Waals surface area contributed by atoms with Gasteiger partial charge in [0.15, 0.2) is 0 Å². The first-order chi connectivity index (χ1) is 13.2. The van der Waals surface area contributed by atoms with E-state index in [2.05, 4.69) is 16.4 Å². The first kappa shape index (κ1) is 19.4. The summed E-state index contributed by atoms with van der Waals surface area (Å²) in [5, 5.41) is 3.85. The Hall–Kier alpha value is -2.38. The van der Waals surface area contributed by atoms with Crippen LogP contribution in [0.25, 0.3) is 10.2 Å². The molecule has 1 aromatic heterocycles. The van der Waals surface area contributed by atoms with Gasteiger partial charge < -0.3 is 10.1 Å². The summed E-state index contributed by atoms with van der Waals surface area (Å²) >= 11 is 3.18. The molecule has 140 valence electrons. The summed E-state index contributed by atoms with van der Waals surface area (Å²) in [6.45, 7) is 2.35. The van der Waals surface area contributed by atoms with Crippen LogP contribution in [0.4, 0.5) is 5.69 Å². The van der Waals surface area contributed by atoms with Crippen molar-refractivity contribution in [1.82, 2.24) is 4.98 Å². The molecule has 0 atom stereocenters. The largest absolute Gasteiger partial charge is 0.462 e. The summed E-state index contributed by atoms with van der Waals surface area (Å²) in [4.78, 5) is 28.4. The number of para-hydroxylation sites is 1. The molecule has 5 nitrogen and oxygen atoms in total. The van der Waals surface area contributed by atoms with Crippen molar-refractivity contribution in [1.29, 1.82) is 0 Å². The zero-order chi connectivity index (χ0) is 19.1. The second kappa shape index (κ2) is 9.53. The van der Waals surface area contributed by atoms with Gasteiger partial charge in [-0.2, -0.15) is 0 Å². The van der Waals surface area contributed by atoms with Crippen LogP contribution in [0.2, 0.25) is 0 Å². The molecule has 7 heteroatoms. The normalized spacial score (nSPS) is 10.7. The van der Waals surface area contributed by atoms with Gasteiger partial charge in [-0.15, -0.1) is 23.1 Å². The molecule has 2 aromatic carbocycles. The van der Waals surface area contributed by atoms with Crippen molar-refractivity contribution in [2.24, 2.45) is 0 Å². The molecule has 0 bridgehead atoms. The van der Waals surface area contributed by atoms with E-state index in [9.17, 15) is 9.59 Å². The van der Waals surface area contributed by atoms with Crippen LogP contribution in [-0.2, 0) is 15.3 Å². The molecule has 0 saturated heterocycles. The zero-order valence-corrected chi connectivity index (χ0v) is 16.6. The van der Waals surface area contributed by atoms with E-state index in [0.717, 1.165) is 21.6 Å². The SMILES string of the molecule is CCCOC(=O)c1ccc(NC(=O)CSCc2nc3ccccc3s2)cc1. The summed E-state index contributed by atoms with van der Waals surface area (Å²) in [5.74, 6) is 0.620. The molecule has 0 saturated carbocycles. The molecule has 0 radical (unpaired) electrons. The molecule has 0 fully saturated rings. The molecule has 0 unspecified atom stereocenters. The number of thioether (sulfide) groups is 1. The van der Waals surface area contributed by atoms with Crippen molar-refractivity contribution < 1.29 is 14.3 Å². The number of hydrogen-bond donors (Lipinski definition) is 1. The Kier molecular flexibility index (Phi) is 6.84. The maximum Gasteiger partial charge on any atom is 0.338 e. The summed E-state index contributed by atoms with van der Waals surface area (Å²) in [6, 6.07) is 14.7. The quantitative estimate of drug-likeness (QED) is 0.554. The molecule has 0 aliphatic heterocycles. The minimum Gasteiger partial charge on any atom is -0.462 e. The second-order valence-electron chi connectivity index (χ2n) is 5.83. The van der Waals surface area contributed by atoms with Gasteiger partial charge in [-0.05, 0) is 42.8 Å². The molecule has 3 rings (SSSR count). The van der Waals surface area contributed by atoms with E-state index in [1.54, 1.807) is 35.6 Å². The lowest BCUT2D eigenvalue weighted by atomic mass is 10.2. The number of rotatable bonds is 8. The Balaban J connectivity index is 1.45. The third-order valence-corrected chi connectivity index (χ3v) is 5.80. The minimum atomic E-state index is -0.346. The third-order valence-electron chi connectivity index (χ3n) is 3.64. The summed E-state index contributed by atoms with van der Waals surface area (Å²) in [5.41, 5.74) is 2.14. The molecule has 0 spiro atoms. The van der Waals surface area contributed by atoms with Gasteiger partial charge in [0.2, 0.25) is 5.91 Å². The number of aromatic nitrogens is 1. The highest BCUT2D eigenvalue weighted by Gasteiger charge is 2.09. The minimum absolute atomic E-state index is 0.0811.